The summed E-state index contributed by atoms with van der Waals surface area (Å²) < 4.78 is 27.4. The number of hydrogen-bond acceptors (Lipinski definition) is 4. The zero-order valence-corrected chi connectivity index (χ0v) is 17.4. The molecule has 8 heteroatoms. The summed E-state index contributed by atoms with van der Waals surface area (Å²) in [4.78, 5) is 26.7. The second-order valence-electron chi connectivity index (χ2n) is 7.21. The highest BCUT2D eigenvalue weighted by Crippen LogP contribution is 2.26. The number of carbonyl (C=O) groups excluding carboxylic acids is 2. The number of amides is 2. The molecule has 7 nitrogen and oxygen atoms in total. The fourth-order valence-corrected chi connectivity index (χ4v) is 5.07. The quantitative estimate of drug-likeness (QED) is 0.813. The maximum atomic E-state index is 13.1. The molecule has 1 saturated heterocycles. The van der Waals surface area contributed by atoms with Crippen molar-refractivity contribution < 1.29 is 18.0 Å². The number of piperidine rings is 1. The summed E-state index contributed by atoms with van der Waals surface area (Å²) >= 11 is 0. The number of anilines is 1. The van der Waals surface area contributed by atoms with Crippen LogP contribution in [0.4, 0.5) is 5.69 Å². The number of nitrogens with one attached hydrogen (secondary N) is 1. The van der Waals surface area contributed by atoms with Crippen LogP contribution in [0.3, 0.4) is 0 Å². The van der Waals surface area contributed by atoms with E-state index in [1.807, 2.05) is 0 Å². The van der Waals surface area contributed by atoms with Gasteiger partial charge in [0.2, 0.25) is 15.9 Å². The Morgan fingerprint density at radius 1 is 1.03 bits per heavy atom. The lowest BCUT2D eigenvalue weighted by molar-refractivity contribution is -0.120. The maximum absolute atomic E-state index is 13.1. The van der Waals surface area contributed by atoms with Crippen LogP contribution in [0.1, 0.15) is 29.6 Å². The van der Waals surface area contributed by atoms with E-state index in [4.69, 9.17) is 0 Å². The second-order valence-corrected chi connectivity index (χ2v) is 9.10. The monoisotopic (exact) mass is 415 g/mol. The van der Waals surface area contributed by atoms with Crippen molar-refractivity contribution in [3.8, 4) is 0 Å². The van der Waals surface area contributed by atoms with Crippen LogP contribution in [0.2, 0.25) is 0 Å². The van der Waals surface area contributed by atoms with E-state index in [0.717, 1.165) is 6.42 Å². The summed E-state index contributed by atoms with van der Waals surface area (Å²) in [6.07, 6.45) is 1.94. The molecule has 1 atom stereocenters. The molecule has 1 aliphatic heterocycles. The van der Waals surface area contributed by atoms with Crippen LogP contribution >= 0.6 is 0 Å². The first-order valence-corrected chi connectivity index (χ1v) is 10.9. The predicted octanol–water partition coefficient (Wildman–Crippen LogP) is 2.57. The van der Waals surface area contributed by atoms with Gasteiger partial charge in [-0.15, -0.1) is 0 Å². The average molecular weight is 416 g/mol. The van der Waals surface area contributed by atoms with Crippen molar-refractivity contribution >= 4 is 27.5 Å². The van der Waals surface area contributed by atoms with Gasteiger partial charge in [0, 0.05) is 31.9 Å². The number of benzene rings is 2. The number of nitrogens with zero attached hydrogens (tertiary/aromatic N) is 2. The summed E-state index contributed by atoms with van der Waals surface area (Å²) in [5, 5.41) is 2.78. The van der Waals surface area contributed by atoms with Gasteiger partial charge in [-0.3, -0.25) is 9.59 Å². The van der Waals surface area contributed by atoms with Gasteiger partial charge in [-0.2, -0.15) is 4.31 Å². The first-order valence-electron chi connectivity index (χ1n) is 9.50. The lowest BCUT2D eigenvalue weighted by Gasteiger charge is -2.33. The Balaban J connectivity index is 1.82. The van der Waals surface area contributed by atoms with Crippen molar-refractivity contribution in [3.63, 3.8) is 0 Å². The summed E-state index contributed by atoms with van der Waals surface area (Å²) in [5.41, 5.74) is 0.913. The second kappa shape index (κ2) is 8.75. The number of rotatable bonds is 5. The fraction of sp³-hybridized carbons (Fsp3) is 0.333. The van der Waals surface area contributed by atoms with E-state index < -0.39 is 22.0 Å². The Morgan fingerprint density at radius 2 is 1.76 bits per heavy atom. The normalized spacial score (nSPS) is 17.5. The minimum atomic E-state index is -3.77. The molecule has 29 heavy (non-hydrogen) atoms. The van der Waals surface area contributed by atoms with E-state index >= 15 is 0 Å². The van der Waals surface area contributed by atoms with Crippen LogP contribution in [0.15, 0.2) is 59.5 Å². The molecule has 0 radical (unpaired) electrons. The van der Waals surface area contributed by atoms with Crippen molar-refractivity contribution in [1.82, 2.24) is 9.21 Å². The van der Waals surface area contributed by atoms with Gasteiger partial charge in [-0.1, -0.05) is 30.7 Å². The Bertz CT molecular complexity index is 990. The van der Waals surface area contributed by atoms with Crippen molar-refractivity contribution in [2.24, 2.45) is 0 Å². The highest BCUT2D eigenvalue weighted by Gasteiger charge is 2.37. The van der Waals surface area contributed by atoms with Crippen LogP contribution in [0, 0.1) is 0 Å². The molecule has 0 bridgehead atoms. The maximum Gasteiger partial charge on any atom is 0.253 e. The Kier molecular flexibility index (Phi) is 6.34. The van der Waals surface area contributed by atoms with E-state index in [9.17, 15) is 18.0 Å². The summed E-state index contributed by atoms with van der Waals surface area (Å²) in [7, 11) is -0.460. The first-order chi connectivity index (χ1) is 13.8. The van der Waals surface area contributed by atoms with Gasteiger partial charge in [-0.05, 0) is 43.2 Å². The molecule has 0 aromatic heterocycles. The molecule has 0 aliphatic carbocycles. The number of sulfonamides is 1. The molecule has 2 aromatic carbocycles. The van der Waals surface area contributed by atoms with E-state index in [0.29, 0.717) is 30.6 Å². The highest BCUT2D eigenvalue weighted by molar-refractivity contribution is 7.89. The van der Waals surface area contributed by atoms with Gasteiger partial charge in [0.15, 0.2) is 0 Å². The zero-order valence-electron chi connectivity index (χ0n) is 16.5. The van der Waals surface area contributed by atoms with Gasteiger partial charge >= 0.3 is 0 Å². The first kappa shape index (κ1) is 21.0. The molecule has 2 amide bonds. The van der Waals surface area contributed by atoms with E-state index in [2.05, 4.69) is 5.32 Å². The predicted molar refractivity (Wildman–Crippen MR) is 111 cm³/mol. The fourth-order valence-electron chi connectivity index (χ4n) is 3.40. The third-order valence-electron chi connectivity index (χ3n) is 4.89. The van der Waals surface area contributed by atoms with E-state index in [1.54, 1.807) is 56.6 Å². The Labute approximate surface area is 171 Å². The topological polar surface area (TPSA) is 86.8 Å². The standard InChI is InChI=1S/C21H25N3O4S/c1-23(2)21(26)16-9-8-10-17(15-16)22-20(25)19-13-6-7-14-24(19)29(27,28)18-11-4-3-5-12-18/h3-5,8-12,15,19H,6-7,13-14H2,1-2H3,(H,22,25)/t19-/m1/s1. The van der Waals surface area contributed by atoms with Crippen molar-refractivity contribution in [2.45, 2.75) is 30.2 Å². The third kappa shape index (κ3) is 4.65. The van der Waals surface area contributed by atoms with Crippen LogP contribution < -0.4 is 5.32 Å². The number of hydrogen-bond donors (Lipinski definition) is 1. The van der Waals surface area contributed by atoms with Crippen LogP contribution in [-0.4, -0.2) is 56.1 Å². The lowest BCUT2D eigenvalue weighted by Crippen LogP contribution is -2.49. The smallest absolute Gasteiger partial charge is 0.253 e. The SMILES string of the molecule is CN(C)C(=O)c1cccc(NC(=O)[C@H]2CCCCN2S(=O)(=O)c2ccccc2)c1. The van der Waals surface area contributed by atoms with Gasteiger partial charge < -0.3 is 10.2 Å². The summed E-state index contributed by atoms with van der Waals surface area (Å²) in [6, 6.07) is 14.0. The number of carbonyl (C=O) groups is 2. The largest absolute Gasteiger partial charge is 0.345 e. The minimum Gasteiger partial charge on any atom is -0.345 e. The summed E-state index contributed by atoms with van der Waals surface area (Å²) in [5.74, 6) is -0.564. The van der Waals surface area contributed by atoms with Gasteiger partial charge in [0.05, 0.1) is 4.90 Å². The van der Waals surface area contributed by atoms with Gasteiger partial charge in [0.1, 0.15) is 6.04 Å². The lowest BCUT2D eigenvalue weighted by atomic mass is 10.0. The molecular weight excluding hydrogens is 390 g/mol. The Hall–Kier alpha value is -2.71. The molecule has 0 saturated carbocycles. The average Bonchev–Trinajstić information content (AvgIpc) is 2.74. The van der Waals surface area contributed by atoms with Crippen LogP contribution in [0.25, 0.3) is 0 Å². The molecule has 1 N–H and O–H groups in total. The van der Waals surface area contributed by atoms with E-state index in [-0.39, 0.29) is 10.8 Å². The Morgan fingerprint density at radius 3 is 2.45 bits per heavy atom. The molecule has 1 fully saturated rings. The molecule has 2 aromatic rings. The van der Waals surface area contributed by atoms with Crippen LogP contribution in [0.5, 0.6) is 0 Å². The molecule has 154 valence electrons. The molecule has 1 heterocycles. The summed E-state index contributed by atoms with van der Waals surface area (Å²) in [6.45, 7) is 0.300. The highest BCUT2D eigenvalue weighted by atomic mass is 32.2. The minimum absolute atomic E-state index is 0.174. The molecular formula is C21H25N3O4S. The van der Waals surface area contributed by atoms with Crippen molar-refractivity contribution in [3.05, 3.63) is 60.2 Å². The van der Waals surface area contributed by atoms with Gasteiger partial charge in [0.25, 0.3) is 5.91 Å². The molecule has 0 spiro atoms. The van der Waals surface area contributed by atoms with Crippen molar-refractivity contribution in [2.75, 3.05) is 26.0 Å². The van der Waals surface area contributed by atoms with E-state index in [1.165, 1.54) is 21.3 Å². The van der Waals surface area contributed by atoms with Gasteiger partial charge in [-0.25, -0.2) is 8.42 Å². The molecule has 0 unspecified atom stereocenters. The third-order valence-corrected chi connectivity index (χ3v) is 6.81. The van der Waals surface area contributed by atoms with Crippen LogP contribution in [-0.2, 0) is 14.8 Å². The zero-order chi connectivity index (χ0) is 21.0. The molecule has 3 rings (SSSR count). The molecule has 1 aliphatic rings. The van der Waals surface area contributed by atoms with Crippen molar-refractivity contribution in [1.29, 1.82) is 0 Å².